The van der Waals surface area contributed by atoms with Crippen molar-refractivity contribution in [3.8, 4) is 11.5 Å². The van der Waals surface area contributed by atoms with Crippen LogP contribution >= 0.6 is 0 Å². The lowest BCUT2D eigenvalue weighted by Crippen LogP contribution is -1.99. The molecule has 0 unspecified atom stereocenters. The molecular formula is C15H12O4. The van der Waals surface area contributed by atoms with Gasteiger partial charge in [-0.3, -0.25) is 0 Å². The second kappa shape index (κ2) is 5.27. The zero-order chi connectivity index (χ0) is 13.8. The van der Waals surface area contributed by atoms with Crippen LogP contribution in [0.15, 0.2) is 48.5 Å². The SMILES string of the molecule is O=C(O)/C(=C\c1ccccc1O)c1ccc(O)cc1. The minimum atomic E-state index is -1.10. The van der Waals surface area contributed by atoms with Crippen LogP contribution in [0, 0.1) is 0 Å². The summed E-state index contributed by atoms with van der Waals surface area (Å²) in [5.41, 5.74) is 0.919. The van der Waals surface area contributed by atoms with Crippen LogP contribution < -0.4 is 0 Å². The summed E-state index contributed by atoms with van der Waals surface area (Å²) in [5, 5.41) is 28.1. The van der Waals surface area contributed by atoms with Gasteiger partial charge in [0.2, 0.25) is 0 Å². The summed E-state index contributed by atoms with van der Waals surface area (Å²) < 4.78 is 0. The van der Waals surface area contributed by atoms with Gasteiger partial charge in [0.1, 0.15) is 11.5 Å². The Morgan fingerprint density at radius 2 is 1.58 bits per heavy atom. The average Bonchev–Trinajstić information content (AvgIpc) is 2.39. The number of carboxylic acids is 1. The number of hydrogen-bond donors (Lipinski definition) is 3. The van der Waals surface area contributed by atoms with Crippen LogP contribution in [0.4, 0.5) is 0 Å². The minimum Gasteiger partial charge on any atom is -0.508 e. The van der Waals surface area contributed by atoms with Gasteiger partial charge in [0.25, 0.3) is 0 Å². The molecule has 2 aromatic rings. The van der Waals surface area contributed by atoms with Gasteiger partial charge in [-0.2, -0.15) is 0 Å². The van der Waals surface area contributed by atoms with E-state index in [0.29, 0.717) is 11.1 Å². The van der Waals surface area contributed by atoms with E-state index in [1.165, 1.54) is 36.4 Å². The van der Waals surface area contributed by atoms with E-state index in [1.54, 1.807) is 18.2 Å². The predicted molar refractivity (Wildman–Crippen MR) is 71.7 cm³/mol. The summed E-state index contributed by atoms with van der Waals surface area (Å²) in [6.45, 7) is 0. The number of hydrogen-bond acceptors (Lipinski definition) is 3. The Balaban J connectivity index is 2.50. The second-order valence-corrected chi connectivity index (χ2v) is 3.97. The highest BCUT2D eigenvalue weighted by Crippen LogP contribution is 2.25. The lowest BCUT2D eigenvalue weighted by atomic mass is 10.0. The molecule has 0 saturated heterocycles. The number of rotatable bonds is 3. The van der Waals surface area contributed by atoms with Crippen LogP contribution in [0.5, 0.6) is 11.5 Å². The van der Waals surface area contributed by atoms with E-state index in [-0.39, 0.29) is 17.1 Å². The van der Waals surface area contributed by atoms with E-state index in [0.717, 1.165) is 0 Å². The quantitative estimate of drug-likeness (QED) is 0.583. The summed E-state index contributed by atoms with van der Waals surface area (Å²) in [4.78, 5) is 11.3. The second-order valence-electron chi connectivity index (χ2n) is 3.97. The van der Waals surface area contributed by atoms with E-state index in [4.69, 9.17) is 0 Å². The lowest BCUT2D eigenvalue weighted by Gasteiger charge is -2.04. The van der Waals surface area contributed by atoms with Crippen LogP contribution in [0.3, 0.4) is 0 Å². The highest BCUT2D eigenvalue weighted by molar-refractivity contribution is 6.20. The van der Waals surface area contributed by atoms with Crippen LogP contribution in [-0.4, -0.2) is 21.3 Å². The number of aromatic hydroxyl groups is 2. The summed E-state index contributed by atoms with van der Waals surface area (Å²) in [5.74, 6) is -1.02. The fourth-order valence-corrected chi connectivity index (χ4v) is 1.67. The lowest BCUT2D eigenvalue weighted by molar-refractivity contribution is -0.130. The van der Waals surface area contributed by atoms with E-state index < -0.39 is 5.97 Å². The molecule has 19 heavy (non-hydrogen) atoms. The van der Waals surface area contributed by atoms with Crippen molar-refractivity contribution < 1.29 is 20.1 Å². The topological polar surface area (TPSA) is 77.8 Å². The largest absolute Gasteiger partial charge is 0.508 e. The number of phenols is 2. The molecule has 0 aliphatic carbocycles. The fourth-order valence-electron chi connectivity index (χ4n) is 1.67. The van der Waals surface area contributed by atoms with Crippen LogP contribution in [0.25, 0.3) is 11.6 Å². The van der Waals surface area contributed by atoms with Gasteiger partial charge in [0.15, 0.2) is 0 Å². The third-order valence-electron chi connectivity index (χ3n) is 2.65. The number of carbonyl (C=O) groups is 1. The third kappa shape index (κ3) is 2.93. The highest BCUT2D eigenvalue weighted by atomic mass is 16.4. The van der Waals surface area contributed by atoms with Gasteiger partial charge < -0.3 is 15.3 Å². The molecule has 4 heteroatoms. The molecule has 0 amide bonds. The summed E-state index contributed by atoms with van der Waals surface area (Å²) >= 11 is 0. The zero-order valence-corrected chi connectivity index (χ0v) is 9.95. The Morgan fingerprint density at radius 3 is 2.16 bits per heavy atom. The smallest absolute Gasteiger partial charge is 0.336 e. The number of para-hydroxylation sites is 1. The Hall–Kier alpha value is -2.75. The maximum Gasteiger partial charge on any atom is 0.336 e. The molecule has 0 heterocycles. The van der Waals surface area contributed by atoms with Crippen molar-refractivity contribution in [3.05, 3.63) is 59.7 Å². The molecule has 0 spiro atoms. The van der Waals surface area contributed by atoms with Crippen molar-refractivity contribution in [2.75, 3.05) is 0 Å². The Bertz CT molecular complexity index is 627. The molecule has 0 aliphatic heterocycles. The Kier molecular flexibility index (Phi) is 3.52. The van der Waals surface area contributed by atoms with Gasteiger partial charge in [0, 0.05) is 5.56 Å². The third-order valence-corrected chi connectivity index (χ3v) is 2.65. The van der Waals surface area contributed by atoms with Crippen LogP contribution in [0.1, 0.15) is 11.1 Å². The number of carboxylic acid groups (broad SMARTS) is 1. The number of benzene rings is 2. The molecule has 0 fully saturated rings. The predicted octanol–water partition coefficient (Wildman–Crippen LogP) is 2.72. The molecule has 0 atom stereocenters. The number of phenolic OH excluding ortho intramolecular Hbond substituents is 2. The first-order valence-electron chi connectivity index (χ1n) is 5.60. The molecule has 0 aliphatic rings. The molecule has 0 aromatic heterocycles. The van der Waals surface area contributed by atoms with Crippen molar-refractivity contribution in [2.45, 2.75) is 0 Å². The monoisotopic (exact) mass is 256 g/mol. The highest BCUT2D eigenvalue weighted by Gasteiger charge is 2.11. The molecule has 0 saturated carbocycles. The van der Waals surface area contributed by atoms with E-state index in [2.05, 4.69) is 0 Å². The summed E-state index contributed by atoms with van der Waals surface area (Å²) in [6, 6.07) is 12.3. The average molecular weight is 256 g/mol. The molecule has 0 bridgehead atoms. The van der Waals surface area contributed by atoms with E-state index >= 15 is 0 Å². The fraction of sp³-hybridized carbons (Fsp3) is 0. The van der Waals surface area contributed by atoms with Crippen molar-refractivity contribution in [2.24, 2.45) is 0 Å². The number of aliphatic carboxylic acids is 1. The Morgan fingerprint density at radius 1 is 0.947 bits per heavy atom. The first-order valence-corrected chi connectivity index (χ1v) is 5.60. The Labute approximate surface area is 109 Å². The van der Waals surface area contributed by atoms with Gasteiger partial charge in [0.05, 0.1) is 5.57 Å². The first kappa shape index (κ1) is 12.7. The molecule has 0 radical (unpaired) electrons. The van der Waals surface area contributed by atoms with Gasteiger partial charge in [-0.1, -0.05) is 30.3 Å². The normalized spacial score (nSPS) is 11.3. The minimum absolute atomic E-state index is 0.0139. The van der Waals surface area contributed by atoms with Crippen LogP contribution in [0.2, 0.25) is 0 Å². The van der Waals surface area contributed by atoms with E-state index in [9.17, 15) is 20.1 Å². The van der Waals surface area contributed by atoms with Gasteiger partial charge >= 0.3 is 5.97 Å². The van der Waals surface area contributed by atoms with Crippen LogP contribution in [-0.2, 0) is 4.79 Å². The van der Waals surface area contributed by atoms with Gasteiger partial charge in [-0.05, 0) is 29.8 Å². The van der Waals surface area contributed by atoms with Crippen molar-refractivity contribution in [1.82, 2.24) is 0 Å². The first-order chi connectivity index (χ1) is 9.08. The zero-order valence-electron chi connectivity index (χ0n) is 9.95. The molecule has 2 aromatic carbocycles. The molecule has 96 valence electrons. The molecule has 3 N–H and O–H groups in total. The molecular weight excluding hydrogens is 244 g/mol. The van der Waals surface area contributed by atoms with Crippen molar-refractivity contribution >= 4 is 17.6 Å². The van der Waals surface area contributed by atoms with Crippen molar-refractivity contribution in [1.29, 1.82) is 0 Å². The van der Waals surface area contributed by atoms with E-state index in [1.807, 2.05) is 0 Å². The van der Waals surface area contributed by atoms with Gasteiger partial charge in [-0.15, -0.1) is 0 Å². The van der Waals surface area contributed by atoms with Crippen molar-refractivity contribution in [3.63, 3.8) is 0 Å². The van der Waals surface area contributed by atoms with Gasteiger partial charge in [-0.25, -0.2) is 4.79 Å². The maximum absolute atomic E-state index is 11.3. The summed E-state index contributed by atoms with van der Waals surface area (Å²) in [7, 11) is 0. The molecule has 2 rings (SSSR count). The molecule has 4 nitrogen and oxygen atoms in total. The standard InChI is InChI=1S/C15H12O4/c16-12-7-5-10(6-8-12)13(15(18)19)9-11-3-1-2-4-14(11)17/h1-9,16-17H,(H,18,19)/b13-9-. The maximum atomic E-state index is 11.3. The summed E-state index contributed by atoms with van der Waals surface area (Å²) in [6.07, 6.45) is 1.39.